The van der Waals surface area contributed by atoms with Gasteiger partial charge in [0, 0.05) is 0 Å². The van der Waals surface area contributed by atoms with E-state index in [-0.39, 0.29) is 5.71 Å². The molecule has 0 aromatic carbocycles. The van der Waals surface area contributed by atoms with E-state index < -0.39 is 5.83 Å². The van der Waals surface area contributed by atoms with Crippen molar-refractivity contribution in [3.8, 4) is 0 Å². The van der Waals surface area contributed by atoms with Crippen molar-refractivity contribution in [1.82, 2.24) is 0 Å². The lowest BCUT2D eigenvalue weighted by molar-refractivity contribution is 0.675. The molecule has 0 rings (SSSR count). The molecule has 0 aromatic rings. The predicted molar refractivity (Wildman–Crippen MR) is 37.4 cm³/mol. The summed E-state index contributed by atoms with van der Waals surface area (Å²) >= 11 is 0. The monoisotopic (exact) mass is 127 g/mol. The Morgan fingerprint density at radius 2 is 2.33 bits per heavy atom. The lowest BCUT2D eigenvalue weighted by atomic mass is 10.3. The highest BCUT2D eigenvalue weighted by molar-refractivity contribution is 6.03. The number of hydrogen-bond donors (Lipinski definition) is 1. The van der Waals surface area contributed by atoms with Gasteiger partial charge in [0.2, 0.25) is 0 Å². The van der Waals surface area contributed by atoms with Crippen LogP contribution in [-0.2, 0) is 0 Å². The first-order chi connectivity index (χ1) is 4.22. The molecular weight excluding hydrogens is 117 g/mol. The highest BCUT2D eigenvalue weighted by Gasteiger charge is 1.94. The summed E-state index contributed by atoms with van der Waals surface area (Å²) in [6.07, 6.45) is 3.15. The van der Waals surface area contributed by atoms with Crippen molar-refractivity contribution in [3.63, 3.8) is 0 Å². The van der Waals surface area contributed by atoms with Crippen LogP contribution in [0.1, 0.15) is 13.3 Å². The van der Waals surface area contributed by atoms with Gasteiger partial charge in [-0.25, -0.2) is 4.39 Å². The summed E-state index contributed by atoms with van der Waals surface area (Å²) in [7, 11) is 0. The van der Waals surface area contributed by atoms with Gasteiger partial charge in [0.15, 0.2) is 0 Å². The molecule has 1 nitrogen and oxygen atoms in total. The minimum Gasteiger partial charge on any atom is -0.298 e. The van der Waals surface area contributed by atoms with Crippen LogP contribution in [0.5, 0.6) is 0 Å². The maximum absolute atomic E-state index is 12.4. The fourth-order valence-electron chi connectivity index (χ4n) is 0.387. The summed E-state index contributed by atoms with van der Waals surface area (Å²) in [5, 5.41) is 6.89. The fraction of sp³-hybridized carbons (Fsp3) is 0.286. The maximum Gasteiger partial charge on any atom is 0.144 e. The van der Waals surface area contributed by atoms with Gasteiger partial charge in [0.05, 0.1) is 5.71 Å². The average Bonchev–Trinajstić information content (AvgIpc) is 1.87. The Balaban J connectivity index is 4.01. The third kappa shape index (κ3) is 2.80. The van der Waals surface area contributed by atoms with E-state index in [1.54, 1.807) is 0 Å². The molecule has 0 aliphatic rings. The van der Waals surface area contributed by atoms with Crippen LogP contribution in [-0.4, -0.2) is 5.71 Å². The molecule has 0 aliphatic heterocycles. The molecule has 0 atom stereocenters. The van der Waals surface area contributed by atoms with Gasteiger partial charge < -0.3 is 0 Å². The van der Waals surface area contributed by atoms with Crippen LogP contribution in [0.4, 0.5) is 4.39 Å². The highest BCUT2D eigenvalue weighted by Crippen LogP contribution is 2.00. The standard InChI is InChI=1S/C7H10FN/c1-3-5-6(8)7(9)4-2/h4-5,9H,2-3H2,1H3/b6-5+,9-7?. The second-order valence-electron chi connectivity index (χ2n) is 1.58. The zero-order chi connectivity index (χ0) is 7.28. The Hall–Kier alpha value is -0.920. The molecule has 0 radical (unpaired) electrons. The lowest BCUT2D eigenvalue weighted by Crippen LogP contribution is -1.89. The Morgan fingerprint density at radius 1 is 1.78 bits per heavy atom. The van der Waals surface area contributed by atoms with Crippen molar-refractivity contribution in [3.05, 3.63) is 24.6 Å². The lowest BCUT2D eigenvalue weighted by Gasteiger charge is -1.89. The van der Waals surface area contributed by atoms with Crippen LogP contribution < -0.4 is 0 Å². The van der Waals surface area contributed by atoms with Crippen LogP contribution in [0.2, 0.25) is 0 Å². The van der Waals surface area contributed by atoms with Gasteiger partial charge in [-0.05, 0) is 18.6 Å². The van der Waals surface area contributed by atoms with E-state index in [0.29, 0.717) is 6.42 Å². The molecule has 0 unspecified atom stereocenters. The van der Waals surface area contributed by atoms with Crippen molar-refractivity contribution in [2.24, 2.45) is 0 Å². The van der Waals surface area contributed by atoms with Gasteiger partial charge in [0.1, 0.15) is 5.83 Å². The zero-order valence-corrected chi connectivity index (χ0v) is 5.45. The molecule has 0 spiro atoms. The molecule has 1 N–H and O–H groups in total. The summed E-state index contributed by atoms with van der Waals surface area (Å²) in [4.78, 5) is 0. The smallest absolute Gasteiger partial charge is 0.144 e. The topological polar surface area (TPSA) is 23.9 Å². The van der Waals surface area contributed by atoms with E-state index in [1.165, 1.54) is 12.2 Å². The first-order valence-corrected chi connectivity index (χ1v) is 2.79. The molecule has 2 heteroatoms. The summed E-state index contributed by atoms with van der Waals surface area (Å²) in [5.74, 6) is -0.493. The number of halogens is 1. The van der Waals surface area contributed by atoms with Gasteiger partial charge in [-0.15, -0.1) is 0 Å². The predicted octanol–water partition coefficient (Wildman–Crippen LogP) is 2.46. The average molecular weight is 127 g/mol. The van der Waals surface area contributed by atoms with E-state index in [0.717, 1.165) is 0 Å². The van der Waals surface area contributed by atoms with E-state index in [4.69, 9.17) is 5.41 Å². The van der Waals surface area contributed by atoms with Crippen molar-refractivity contribution >= 4 is 5.71 Å². The first kappa shape index (κ1) is 8.08. The quantitative estimate of drug-likeness (QED) is 0.563. The fourth-order valence-corrected chi connectivity index (χ4v) is 0.387. The van der Waals surface area contributed by atoms with Gasteiger partial charge >= 0.3 is 0 Å². The maximum atomic E-state index is 12.4. The van der Waals surface area contributed by atoms with Gasteiger partial charge in [0.25, 0.3) is 0 Å². The summed E-state index contributed by atoms with van der Waals surface area (Å²) < 4.78 is 12.4. The normalized spacial score (nSPS) is 11.1. The highest BCUT2D eigenvalue weighted by atomic mass is 19.1. The molecule has 0 amide bonds. The van der Waals surface area contributed by atoms with E-state index >= 15 is 0 Å². The van der Waals surface area contributed by atoms with Crippen LogP contribution in [0.25, 0.3) is 0 Å². The second-order valence-corrected chi connectivity index (χ2v) is 1.58. The van der Waals surface area contributed by atoms with Crippen LogP contribution in [0, 0.1) is 5.41 Å². The zero-order valence-electron chi connectivity index (χ0n) is 5.45. The Kier molecular flexibility index (Phi) is 3.60. The van der Waals surface area contributed by atoms with Crippen molar-refractivity contribution < 1.29 is 4.39 Å². The number of allylic oxidation sites excluding steroid dienone is 3. The molecule has 0 aromatic heterocycles. The summed E-state index contributed by atoms with van der Waals surface area (Å²) in [6, 6.07) is 0. The Labute approximate surface area is 54.4 Å². The molecule has 0 bridgehead atoms. The van der Waals surface area contributed by atoms with E-state index in [9.17, 15) is 4.39 Å². The second kappa shape index (κ2) is 4.01. The van der Waals surface area contributed by atoms with Gasteiger partial charge in [-0.2, -0.15) is 0 Å². The molecule has 9 heavy (non-hydrogen) atoms. The molecule has 0 aliphatic carbocycles. The van der Waals surface area contributed by atoms with E-state index in [2.05, 4.69) is 6.58 Å². The SMILES string of the molecule is C=CC(=N)/C(F)=C\CC. The largest absolute Gasteiger partial charge is 0.298 e. The minimum atomic E-state index is -0.493. The van der Waals surface area contributed by atoms with Gasteiger partial charge in [-0.1, -0.05) is 13.5 Å². The number of nitrogens with one attached hydrogen (secondary N) is 1. The number of rotatable bonds is 3. The molecule has 0 saturated heterocycles. The Bertz CT molecular complexity index is 147. The molecular formula is C7H10FN. The van der Waals surface area contributed by atoms with E-state index in [1.807, 2.05) is 6.92 Å². The molecule has 0 fully saturated rings. The third-order valence-corrected chi connectivity index (χ3v) is 0.845. The molecule has 0 saturated carbocycles. The van der Waals surface area contributed by atoms with Crippen molar-refractivity contribution in [2.75, 3.05) is 0 Å². The minimum absolute atomic E-state index is 0.142. The third-order valence-electron chi connectivity index (χ3n) is 0.845. The van der Waals surface area contributed by atoms with Crippen LogP contribution in [0.15, 0.2) is 24.6 Å². The molecule has 0 heterocycles. The summed E-state index contributed by atoms with van der Waals surface area (Å²) in [6.45, 7) is 5.07. The van der Waals surface area contributed by atoms with Crippen molar-refractivity contribution in [2.45, 2.75) is 13.3 Å². The Morgan fingerprint density at radius 3 is 2.67 bits per heavy atom. The van der Waals surface area contributed by atoms with Crippen LogP contribution in [0.3, 0.4) is 0 Å². The van der Waals surface area contributed by atoms with Gasteiger partial charge in [-0.3, -0.25) is 5.41 Å². The van der Waals surface area contributed by atoms with Crippen molar-refractivity contribution in [1.29, 1.82) is 5.41 Å². The number of hydrogen-bond acceptors (Lipinski definition) is 1. The molecule has 50 valence electrons. The first-order valence-electron chi connectivity index (χ1n) is 2.79. The van der Waals surface area contributed by atoms with Crippen LogP contribution >= 0.6 is 0 Å². The summed E-state index contributed by atoms with van der Waals surface area (Å²) in [5.41, 5.74) is -0.142.